The van der Waals surface area contributed by atoms with Crippen LogP contribution in [0.3, 0.4) is 0 Å². The lowest BCUT2D eigenvalue weighted by Gasteiger charge is -2.41. The molecule has 0 bridgehead atoms. The molecule has 2 saturated carbocycles. The van der Waals surface area contributed by atoms with E-state index >= 15 is 0 Å². The number of thiazole rings is 1. The normalized spacial score (nSPS) is 19.3. The number of carboxylic acid groups (broad SMARTS) is 1. The average molecular weight is 380 g/mol. The molecule has 7 heteroatoms. The van der Waals surface area contributed by atoms with Gasteiger partial charge in [-0.3, -0.25) is 10.1 Å². The second-order valence-corrected chi connectivity index (χ2v) is 8.72. The number of aromatic nitrogens is 1. The van der Waals surface area contributed by atoms with Gasteiger partial charge in [0.05, 0.1) is 12.1 Å². The van der Waals surface area contributed by atoms with Gasteiger partial charge in [-0.15, -0.1) is 11.3 Å². The van der Waals surface area contributed by atoms with Crippen LogP contribution in [0.1, 0.15) is 74.8 Å². The number of nitrogens with zero attached hydrogens (tertiary/aromatic N) is 2. The van der Waals surface area contributed by atoms with E-state index in [0.29, 0.717) is 22.9 Å². The minimum Gasteiger partial charge on any atom is -0.481 e. The zero-order chi connectivity index (χ0) is 18.5. The number of aryl methyl sites for hydroxylation is 1. The lowest BCUT2D eigenvalue weighted by Crippen LogP contribution is -2.50. The van der Waals surface area contributed by atoms with Crippen LogP contribution in [-0.2, 0) is 11.2 Å². The average Bonchev–Trinajstić information content (AvgIpc) is 2.95. The Bertz CT molecular complexity index is 616. The Morgan fingerprint density at radius 1 is 1.08 bits per heavy atom. The number of urea groups is 1. The molecule has 2 N–H and O–H groups in total. The molecule has 26 heavy (non-hydrogen) atoms. The van der Waals surface area contributed by atoms with Crippen LogP contribution in [0.5, 0.6) is 0 Å². The maximum atomic E-state index is 13.1. The monoisotopic (exact) mass is 379 g/mol. The third kappa shape index (κ3) is 4.75. The van der Waals surface area contributed by atoms with Gasteiger partial charge in [-0.05, 0) is 32.6 Å². The maximum absolute atomic E-state index is 13.1. The van der Waals surface area contributed by atoms with Gasteiger partial charge in [-0.25, -0.2) is 9.78 Å². The summed E-state index contributed by atoms with van der Waals surface area (Å²) in [7, 11) is 0. The highest BCUT2D eigenvalue weighted by Gasteiger charge is 2.33. The van der Waals surface area contributed by atoms with Crippen LogP contribution in [0, 0.1) is 6.92 Å². The zero-order valence-electron chi connectivity index (χ0n) is 15.5. The second-order valence-electron chi connectivity index (χ2n) is 7.51. The van der Waals surface area contributed by atoms with Gasteiger partial charge in [0.25, 0.3) is 0 Å². The third-order valence-electron chi connectivity index (χ3n) is 5.60. The fourth-order valence-corrected chi connectivity index (χ4v) is 5.11. The van der Waals surface area contributed by atoms with E-state index in [4.69, 9.17) is 5.11 Å². The molecule has 0 aliphatic heterocycles. The summed E-state index contributed by atoms with van der Waals surface area (Å²) in [5.74, 6) is -0.901. The lowest BCUT2D eigenvalue weighted by molar-refractivity contribution is -0.136. The van der Waals surface area contributed by atoms with Crippen LogP contribution in [0.4, 0.5) is 9.93 Å². The van der Waals surface area contributed by atoms with Crippen LogP contribution in [0.2, 0.25) is 0 Å². The highest BCUT2D eigenvalue weighted by molar-refractivity contribution is 7.15. The van der Waals surface area contributed by atoms with E-state index in [1.165, 1.54) is 49.9 Å². The van der Waals surface area contributed by atoms with Gasteiger partial charge in [0.2, 0.25) is 0 Å². The minimum absolute atomic E-state index is 0.0561. The van der Waals surface area contributed by atoms with Crippen molar-refractivity contribution in [3.63, 3.8) is 0 Å². The number of amides is 2. The fraction of sp³-hybridized carbons (Fsp3) is 0.737. The van der Waals surface area contributed by atoms with Crippen molar-refractivity contribution in [2.45, 2.75) is 89.6 Å². The number of aliphatic carboxylic acids is 1. The van der Waals surface area contributed by atoms with Crippen molar-refractivity contribution in [2.24, 2.45) is 0 Å². The zero-order valence-corrected chi connectivity index (χ0v) is 16.3. The number of anilines is 1. The summed E-state index contributed by atoms with van der Waals surface area (Å²) in [6.07, 6.45) is 11.6. The van der Waals surface area contributed by atoms with Crippen molar-refractivity contribution in [1.29, 1.82) is 0 Å². The first-order chi connectivity index (χ1) is 12.5. The summed E-state index contributed by atoms with van der Waals surface area (Å²) >= 11 is 1.36. The molecule has 2 aliphatic carbocycles. The van der Waals surface area contributed by atoms with Crippen LogP contribution < -0.4 is 5.32 Å². The Hall–Kier alpha value is -1.63. The third-order valence-corrected chi connectivity index (χ3v) is 6.52. The molecular weight excluding hydrogens is 350 g/mol. The van der Waals surface area contributed by atoms with Crippen molar-refractivity contribution in [2.75, 3.05) is 5.32 Å². The molecule has 0 atom stereocenters. The Balaban J connectivity index is 1.73. The van der Waals surface area contributed by atoms with Gasteiger partial charge >= 0.3 is 12.0 Å². The minimum atomic E-state index is -0.901. The Morgan fingerprint density at radius 2 is 1.62 bits per heavy atom. The van der Waals surface area contributed by atoms with Crippen LogP contribution in [-0.4, -0.2) is 39.1 Å². The van der Waals surface area contributed by atoms with Crippen molar-refractivity contribution < 1.29 is 14.7 Å². The number of rotatable bonds is 5. The van der Waals surface area contributed by atoms with Crippen LogP contribution >= 0.6 is 11.3 Å². The molecule has 144 valence electrons. The van der Waals surface area contributed by atoms with E-state index in [-0.39, 0.29) is 12.5 Å². The Morgan fingerprint density at radius 3 is 2.12 bits per heavy atom. The number of hydrogen-bond acceptors (Lipinski definition) is 4. The summed E-state index contributed by atoms with van der Waals surface area (Å²) < 4.78 is 0. The van der Waals surface area contributed by atoms with E-state index in [9.17, 15) is 9.59 Å². The SMILES string of the molecule is Cc1sc(NC(=O)N(C2CCCCC2)C2CCCCC2)nc1CC(=O)O. The molecule has 0 aromatic carbocycles. The molecule has 2 fully saturated rings. The van der Waals surface area contributed by atoms with Crippen LogP contribution in [0.15, 0.2) is 0 Å². The smallest absolute Gasteiger partial charge is 0.324 e. The molecular formula is C19H29N3O3S. The Labute approximate surface area is 159 Å². The Kier molecular flexibility index (Phi) is 6.51. The first-order valence-corrected chi connectivity index (χ1v) is 10.6. The standard InChI is InChI=1S/C19H29N3O3S/c1-13-16(12-17(23)24)20-18(26-13)21-19(25)22(14-8-4-2-5-9-14)15-10-6-3-7-11-15/h14-15H,2-12H2,1H3,(H,23,24)(H,20,21,25). The fourth-order valence-electron chi connectivity index (χ4n) is 4.29. The predicted octanol–water partition coefficient (Wildman–Crippen LogP) is 4.58. The van der Waals surface area contributed by atoms with Gasteiger partial charge in [0.1, 0.15) is 0 Å². The topological polar surface area (TPSA) is 82.5 Å². The van der Waals surface area contributed by atoms with E-state index in [1.54, 1.807) is 0 Å². The van der Waals surface area contributed by atoms with Gasteiger partial charge in [0.15, 0.2) is 5.13 Å². The lowest BCUT2D eigenvalue weighted by atomic mass is 9.89. The highest BCUT2D eigenvalue weighted by atomic mass is 32.1. The van der Waals surface area contributed by atoms with E-state index in [1.807, 2.05) is 6.92 Å². The molecule has 0 saturated heterocycles. The van der Waals surface area contributed by atoms with Crippen molar-refractivity contribution in [1.82, 2.24) is 9.88 Å². The number of nitrogens with one attached hydrogen (secondary N) is 1. The molecule has 0 unspecified atom stereocenters. The molecule has 0 spiro atoms. The van der Waals surface area contributed by atoms with Crippen LogP contribution in [0.25, 0.3) is 0 Å². The maximum Gasteiger partial charge on any atom is 0.324 e. The largest absolute Gasteiger partial charge is 0.481 e. The first kappa shape index (κ1) is 19.1. The number of carbonyl (C=O) groups is 2. The summed E-state index contributed by atoms with van der Waals surface area (Å²) in [6.45, 7) is 1.85. The van der Waals surface area contributed by atoms with E-state index < -0.39 is 5.97 Å². The summed E-state index contributed by atoms with van der Waals surface area (Å²) in [5, 5.41) is 12.5. The van der Waals surface area contributed by atoms with Gasteiger partial charge in [-0.1, -0.05) is 38.5 Å². The second kappa shape index (κ2) is 8.84. The van der Waals surface area contributed by atoms with Crippen molar-refractivity contribution >= 4 is 28.5 Å². The number of hydrogen-bond donors (Lipinski definition) is 2. The van der Waals surface area contributed by atoms with E-state index in [0.717, 1.165) is 30.6 Å². The van der Waals surface area contributed by atoms with Crippen molar-refractivity contribution in [3.05, 3.63) is 10.6 Å². The number of carboxylic acids is 1. The molecule has 2 amide bonds. The van der Waals surface area contributed by atoms with Gasteiger partial charge < -0.3 is 10.0 Å². The molecule has 1 aromatic rings. The molecule has 1 aromatic heterocycles. The summed E-state index contributed by atoms with van der Waals surface area (Å²) in [5.41, 5.74) is 0.541. The van der Waals surface area contributed by atoms with Crippen molar-refractivity contribution in [3.8, 4) is 0 Å². The molecule has 2 aliphatic rings. The first-order valence-electron chi connectivity index (χ1n) is 9.82. The van der Waals surface area contributed by atoms with E-state index in [2.05, 4.69) is 15.2 Å². The highest BCUT2D eigenvalue weighted by Crippen LogP contribution is 2.31. The molecule has 6 nitrogen and oxygen atoms in total. The molecule has 1 heterocycles. The van der Waals surface area contributed by atoms with Gasteiger partial charge in [0, 0.05) is 17.0 Å². The molecule has 0 radical (unpaired) electrons. The number of carbonyl (C=O) groups excluding carboxylic acids is 1. The van der Waals surface area contributed by atoms with Gasteiger partial charge in [-0.2, -0.15) is 0 Å². The molecule has 3 rings (SSSR count). The summed E-state index contributed by atoms with van der Waals surface area (Å²) in [4.78, 5) is 31.4. The summed E-state index contributed by atoms with van der Waals surface area (Å²) in [6, 6.07) is 0.595. The quantitative estimate of drug-likeness (QED) is 0.784. The predicted molar refractivity (Wildman–Crippen MR) is 103 cm³/mol.